The highest BCUT2D eigenvalue weighted by molar-refractivity contribution is 6.30. The minimum absolute atomic E-state index is 0.131. The Morgan fingerprint density at radius 3 is 2.44 bits per heavy atom. The Bertz CT molecular complexity index is 1280. The molecule has 1 spiro atoms. The summed E-state index contributed by atoms with van der Waals surface area (Å²) in [4.78, 5) is 27.8. The highest BCUT2D eigenvalue weighted by Crippen LogP contribution is 2.42. The summed E-state index contributed by atoms with van der Waals surface area (Å²) in [6.45, 7) is 13.8. The molecule has 9 heteroatoms. The van der Waals surface area contributed by atoms with Gasteiger partial charge in [0.15, 0.2) is 5.60 Å². The summed E-state index contributed by atoms with van der Waals surface area (Å²) >= 11 is 6.18. The quantitative estimate of drug-likeness (QED) is 0.296. The van der Waals surface area contributed by atoms with E-state index in [9.17, 15) is 9.59 Å². The zero-order valence-corrected chi connectivity index (χ0v) is 26.1. The highest BCUT2D eigenvalue weighted by Gasteiger charge is 2.42. The molecule has 1 saturated heterocycles. The maximum atomic E-state index is 12.8. The fraction of sp³-hybridized carbons (Fsp3) is 0.562. The SMILES string of the molecule is CNC(=O)c1cc(C)c(OC(C)(C)C(=O)OC(C)(C)C)cc1OCCCN1CCC2(CC1)Cc1cc(Cl)ccc1O2. The number of carbonyl (C=O) groups is 2. The molecule has 224 valence electrons. The Balaban J connectivity index is 1.34. The number of nitrogens with one attached hydrogen (secondary N) is 1. The number of fused-ring (bicyclic) bond motifs is 1. The van der Waals surface area contributed by atoms with Crippen LogP contribution in [0, 0.1) is 6.92 Å². The van der Waals surface area contributed by atoms with E-state index < -0.39 is 17.2 Å². The summed E-state index contributed by atoms with van der Waals surface area (Å²) in [6.07, 6.45) is 3.63. The number of esters is 1. The van der Waals surface area contributed by atoms with Gasteiger partial charge in [-0.05, 0) is 83.4 Å². The molecule has 41 heavy (non-hydrogen) atoms. The Hall–Kier alpha value is -2.97. The molecule has 0 unspecified atom stereocenters. The molecule has 2 aliphatic rings. The third-order valence-electron chi connectivity index (χ3n) is 7.51. The number of hydrogen-bond acceptors (Lipinski definition) is 7. The first-order valence-corrected chi connectivity index (χ1v) is 14.7. The van der Waals surface area contributed by atoms with Gasteiger partial charge in [0, 0.05) is 57.0 Å². The Kier molecular flexibility index (Phi) is 9.14. The summed E-state index contributed by atoms with van der Waals surface area (Å²) < 4.78 is 24.2. The van der Waals surface area contributed by atoms with Crippen LogP contribution in [0.3, 0.4) is 0 Å². The van der Waals surface area contributed by atoms with Crippen molar-refractivity contribution in [2.24, 2.45) is 0 Å². The van der Waals surface area contributed by atoms with Crippen molar-refractivity contribution in [3.8, 4) is 17.2 Å². The minimum Gasteiger partial charge on any atom is -0.493 e. The van der Waals surface area contributed by atoms with Crippen LogP contribution < -0.4 is 19.5 Å². The van der Waals surface area contributed by atoms with Gasteiger partial charge in [0.2, 0.25) is 0 Å². The normalized spacial score (nSPS) is 16.6. The number of nitrogens with zero attached hydrogens (tertiary/aromatic N) is 1. The average molecular weight is 587 g/mol. The van der Waals surface area contributed by atoms with Crippen molar-refractivity contribution in [2.75, 3.05) is 33.3 Å². The lowest BCUT2D eigenvalue weighted by atomic mass is 9.87. The van der Waals surface area contributed by atoms with E-state index in [1.54, 1.807) is 33.0 Å². The first kappa shape index (κ1) is 31.0. The van der Waals surface area contributed by atoms with Gasteiger partial charge < -0.3 is 29.2 Å². The van der Waals surface area contributed by atoms with Crippen LogP contribution in [-0.4, -0.2) is 66.9 Å². The average Bonchev–Trinajstić information content (AvgIpc) is 3.24. The van der Waals surface area contributed by atoms with Crippen molar-refractivity contribution in [1.82, 2.24) is 10.2 Å². The zero-order valence-electron chi connectivity index (χ0n) is 25.3. The summed E-state index contributed by atoms with van der Waals surface area (Å²) in [5.74, 6) is 1.11. The van der Waals surface area contributed by atoms with Gasteiger partial charge in [-0.2, -0.15) is 0 Å². The molecule has 1 amide bonds. The van der Waals surface area contributed by atoms with Crippen LogP contribution in [-0.2, 0) is 16.0 Å². The monoisotopic (exact) mass is 586 g/mol. The number of likely N-dealkylation sites (tertiary alicyclic amines) is 1. The molecule has 2 aromatic carbocycles. The number of carbonyl (C=O) groups excluding carboxylic acids is 2. The smallest absolute Gasteiger partial charge is 0.350 e. The molecule has 0 aromatic heterocycles. The lowest BCUT2D eigenvalue weighted by molar-refractivity contribution is -0.171. The molecule has 2 aliphatic heterocycles. The van der Waals surface area contributed by atoms with Crippen LogP contribution in [0.15, 0.2) is 30.3 Å². The summed E-state index contributed by atoms with van der Waals surface area (Å²) in [5, 5.41) is 3.43. The van der Waals surface area contributed by atoms with Crippen molar-refractivity contribution in [3.63, 3.8) is 0 Å². The minimum atomic E-state index is -1.23. The van der Waals surface area contributed by atoms with Crippen molar-refractivity contribution in [1.29, 1.82) is 0 Å². The number of benzene rings is 2. The molecule has 0 aliphatic carbocycles. The molecule has 2 heterocycles. The van der Waals surface area contributed by atoms with Crippen molar-refractivity contribution in [3.05, 3.63) is 52.0 Å². The number of amides is 1. The maximum Gasteiger partial charge on any atom is 0.350 e. The van der Waals surface area contributed by atoms with E-state index in [-0.39, 0.29) is 11.5 Å². The van der Waals surface area contributed by atoms with Crippen LogP contribution in [0.4, 0.5) is 0 Å². The van der Waals surface area contributed by atoms with Crippen LogP contribution in [0.1, 0.15) is 75.4 Å². The fourth-order valence-electron chi connectivity index (χ4n) is 5.26. The van der Waals surface area contributed by atoms with E-state index >= 15 is 0 Å². The molecule has 0 atom stereocenters. The van der Waals surface area contributed by atoms with Gasteiger partial charge in [0.1, 0.15) is 28.5 Å². The van der Waals surface area contributed by atoms with Crippen molar-refractivity contribution >= 4 is 23.5 Å². The third-order valence-corrected chi connectivity index (χ3v) is 7.74. The number of halogens is 1. The predicted molar refractivity (Wildman–Crippen MR) is 159 cm³/mol. The third kappa shape index (κ3) is 7.66. The number of aryl methyl sites for hydroxylation is 1. The molecular weight excluding hydrogens is 544 g/mol. The van der Waals surface area contributed by atoms with Crippen molar-refractivity contribution < 1.29 is 28.5 Å². The van der Waals surface area contributed by atoms with E-state index in [0.29, 0.717) is 29.2 Å². The molecule has 0 saturated carbocycles. The number of piperidine rings is 1. The first-order valence-electron chi connectivity index (χ1n) is 14.3. The molecule has 1 N–H and O–H groups in total. The summed E-state index contributed by atoms with van der Waals surface area (Å²) in [6, 6.07) is 9.30. The van der Waals surface area contributed by atoms with E-state index in [4.69, 9.17) is 30.5 Å². The van der Waals surface area contributed by atoms with E-state index in [1.807, 2.05) is 45.9 Å². The lowest BCUT2D eigenvalue weighted by Crippen LogP contribution is -2.47. The standard InChI is InChI=1S/C32H43ClN2O6/c1-21-17-24(28(36)34-7)27(19-26(21)39-31(5,6)29(37)41-30(2,3)4)38-16-8-13-35-14-11-32(12-15-35)20-22-18-23(33)9-10-25(22)40-32/h9-10,17-19H,8,11-16,20H2,1-7H3,(H,34,36). The molecule has 8 nitrogen and oxygen atoms in total. The van der Waals surface area contributed by atoms with Gasteiger partial charge in [-0.15, -0.1) is 0 Å². The van der Waals surface area contributed by atoms with E-state index in [2.05, 4.69) is 10.2 Å². The maximum absolute atomic E-state index is 12.8. The Labute approximate surface area is 248 Å². The molecule has 1 fully saturated rings. The number of ether oxygens (including phenoxy) is 4. The van der Waals surface area contributed by atoms with Crippen LogP contribution in [0.2, 0.25) is 5.02 Å². The first-order chi connectivity index (χ1) is 19.2. The second kappa shape index (κ2) is 12.1. The largest absolute Gasteiger partial charge is 0.493 e. The Morgan fingerprint density at radius 2 is 1.78 bits per heavy atom. The Morgan fingerprint density at radius 1 is 1.07 bits per heavy atom. The van der Waals surface area contributed by atoms with E-state index in [0.717, 1.165) is 56.1 Å². The number of rotatable bonds is 9. The molecule has 2 aromatic rings. The zero-order chi connectivity index (χ0) is 30.0. The second-order valence-electron chi connectivity index (χ2n) is 12.6. The van der Waals surface area contributed by atoms with Crippen molar-refractivity contribution in [2.45, 2.75) is 84.0 Å². The molecule has 0 bridgehead atoms. The van der Waals surface area contributed by atoms with Gasteiger partial charge in [0.05, 0.1) is 12.2 Å². The highest BCUT2D eigenvalue weighted by atomic mass is 35.5. The lowest BCUT2D eigenvalue weighted by Gasteiger charge is -2.38. The van der Waals surface area contributed by atoms with Gasteiger partial charge in [-0.25, -0.2) is 4.79 Å². The summed E-state index contributed by atoms with van der Waals surface area (Å²) in [5.41, 5.74) is 0.337. The molecule has 4 rings (SSSR count). The van der Waals surface area contributed by atoms with Gasteiger partial charge in [0.25, 0.3) is 5.91 Å². The topological polar surface area (TPSA) is 86.3 Å². The summed E-state index contributed by atoms with van der Waals surface area (Å²) in [7, 11) is 1.59. The van der Waals surface area contributed by atoms with Gasteiger partial charge in [-0.1, -0.05) is 11.6 Å². The second-order valence-corrected chi connectivity index (χ2v) is 13.0. The van der Waals surface area contributed by atoms with Crippen LogP contribution >= 0.6 is 11.6 Å². The predicted octanol–water partition coefficient (Wildman–Crippen LogP) is 5.75. The van der Waals surface area contributed by atoms with Gasteiger partial charge >= 0.3 is 5.97 Å². The van der Waals surface area contributed by atoms with Crippen LogP contribution in [0.5, 0.6) is 17.2 Å². The van der Waals surface area contributed by atoms with E-state index in [1.165, 1.54) is 5.56 Å². The van der Waals surface area contributed by atoms with Gasteiger partial charge in [-0.3, -0.25) is 4.79 Å². The molecule has 0 radical (unpaired) electrons. The van der Waals surface area contributed by atoms with Crippen LogP contribution in [0.25, 0.3) is 0 Å². The number of hydrogen-bond donors (Lipinski definition) is 1. The fourth-order valence-corrected chi connectivity index (χ4v) is 5.46. The molecular formula is C32H43ClN2O6.